The van der Waals surface area contributed by atoms with Gasteiger partial charge in [0.25, 0.3) is 0 Å². The van der Waals surface area contributed by atoms with Crippen LogP contribution in [0.1, 0.15) is 66.2 Å². The molecular weight excluding hydrogens is 246 g/mol. The van der Waals surface area contributed by atoms with Crippen molar-refractivity contribution in [3.05, 3.63) is 0 Å². The molecule has 0 aromatic rings. The summed E-state index contributed by atoms with van der Waals surface area (Å²) >= 11 is 6.33. The van der Waals surface area contributed by atoms with Gasteiger partial charge in [0, 0.05) is 12.5 Å². The van der Waals surface area contributed by atoms with Gasteiger partial charge in [0.05, 0.1) is 5.38 Å². The van der Waals surface area contributed by atoms with E-state index in [-0.39, 0.29) is 17.2 Å². The van der Waals surface area contributed by atoms with Crippen molar-refractivity contribution in [2.45, 2.75) is 71.6 Å². The predicted molar refractivity (Wildman–Crippen MR) is 80.0 cm³/mol. The van der Waals surface area contributed by atoms with Crippen molar-refractivity contribution in [3.8, 4) is 0 Å². The zero-order valence-corrected chi connectivity index (χ0v) is 13.2. The summed E-state index contributed by atoms with van der Waals surface area (Å²) in [6, 6.07) is 0. The second kappa shape index (κ2) is 10.7. The lowest BCUT2D eigenvalue weighted by molar-refractivity contribution is -0.125. The first-order chi connectivity index (χ1) is 8.60. The van der Waals surface area contributed by atoms with Crippen molar-refractivity contribution < 1.29 is 4.79 Å². The summed E-state index contributed by atoms with van der Waals surface area (Å²) < 4.78 is 0. The Bertz CT molecular complexity index is 217. The SMILES string of the molecule is CCCCC(CC)C(=O)NCC(Cl)C(CC)CC. The molecule has 0 bridgehead atoms. The van der Waals surface area contributed by atoms with E-state index in [4.69, 9.17) is 11.6 Å². The van der Waals surface area contributed by atoms with Gasteiger partial charge in [-0.25, -0.2) is 0 Å². The van der Waals surface area contributed by atoms with Gasteiger partial charge in [-0.3, -0.25) is 4.79 Å². The molecular formula is C15H30ClNO. The van der Waals surface area contributed by atoms with E-state index in [1.807, 2.05) is 0 Å². The highest BCUT2D eigenvalue weighted by atomic mass is 35.5. The molecule has 0 radical (unpaired) electrons. The third-order valence-electron chi connectivity index (χ3n) is 3.80. The Morgan fingerprint density at radius 1 is 1.11 bits per heavy atom. The van der Waals surface area contributed by atoms with Crippen LogP contribution < -0.4 is 5.32 Å². The van der Waals surface area contributed by atoms with Crippen LogP contribution in [0.25, 0.3) is 0 Å². The summed E-state index contributed by atoms with van der Waals surface area (Å²) in [7, 11) is 0. The standard InChI is InChI=1S/C15H30ClNO/c1-5-9-10-13(8-4)15(18)17-11-14(16)12(6-2)7-3/h12-14H,5-11H2,1-4H3,(H,17,18). The lowest BCUT2D eigenvalue weighted by atomic mass is 9.97. The normalized spacial score (nSPS) is 14.6. The maximum absolute atomic E-state index is 12.0. The van der Waals surface area contributed by atoms with E-state index in [9.17, 15) is 4.79 Å². The minimum atomic E-state index is 0.0626. The molecule has 0 saturated heterocycles. The van der Waals surface area contributed by atoms with Crippen LogP contribution in [-0.4, -0.2) is 17.8 Å². The van der Waals surface area contributed by atoms with Gasteiger partial charge in [-0.05, 0) is 18.8 Å². The summed E-state index contributed by atoms with van der Waals surface area (Å²) in [6.07, 6.45) is 6.35. The fraction of sp³-hybridized carbons (Fsp3) is 0.933. The summed E-state index contributed by atoms with van der Waals surface area (Å²) in [6.45, 7) is 9.16. The summed E-state index contributed by atoms with van der Waals surface area (Å²) in [4.78, 5) is 12.0. The average molecular weight is 276 g/mol. The van der Waals surface area contributed by atoms with Crippen LogP contribution in [0.3, 0.4) is 0 Å². The van der Waals surface area contributed by atoms with Crippen molar-refractivity contribution in [1.82, 2.24) is 5.32 Å². The number of hydrogen-bond acceptors (Lipinski definition) is 1. The smallest absolute Gasteiger partial charge is 0.223 e. The maximum Gasteiger partial charge on any atom is 0.223 e. The molecule has 2 nitrogen and oxygen atoms in total. The Balaban J connectivity index is 4.06. The molecule has 2 unspecified atom stereocenters. The first-order valence-electron chi connectivity index (χ1n) is 7.52. The zero-order chi connectivity index (χ0) is 14.0. The van der Waals surface area contributed by atoms with Gasteiger partial charge in [-0.2, -0.15) is 0 Å². The third-order valence-corrected chi connectivity index (χ3v) is 4.31. The molecule has 0 aromatic heterocycles. The van der Waals surface area contributed by atoms with Crippen LogP contribution in [0, 0.1) is 11.8 Å². The molecule has 0 saturated carbocycles. The number of carbonyl (C=O) groups excluding carboxylic acids is 1. The van der Waals surface area contributed by atoms with E-state index in [2.05, 4.69) is 33.0 Å². The summed E-state index contributed by atoms with van der Waals surface area (Å²) in [5, 5.41) is 3.08. The van der Waals surface area contributed by atoms with Crippen LogP contribution in [-0.2, 0) is 4.79 Å². The largest absolute Gasteiger partial charge is 0.354 e. The molecule has 0 heterocycles. The van der Waals surface area contributed by atoms with E-state index in [0.29, 0.717) is 12.5 Å². The molecule has 0 spiro atoms. The highest BCUT2D eigenvalue weighted by molar-refractivity contribution is 6.21. The van der Waals surface area contributed by atoms with Crippen molar-refractivity contribution in [2.75, 3.05) is 6.54 Å². The lowest BCUT2D eigenvalue weighted by Gasteiger charge is -2.21. The minimum absolute atomic E-state index is 0.0626. The second-order valence-electron chi connectivity index (χ2n) is 5.09. The number of carbonyl (C=O) groups is 1. The predicted octanol–water partition coefficient (Wildman–Crippen LogP) is 4.36. The van der Waals surface area contributed by atoms with Crippen LogP contribution in [0.4, 0.5) is 0 Å². The van der Waals surface area contributed by atoms with Crippen LogP contribution in [0.2, 0.25) is 0 Å². The van der Waals surface area contributed by atoms with E-state index in [1.54, 1.807) is 0 Å². The van der Waals surface area contributed by atoms with Gasteiger partial charge < -0.3 is 5.32 Å². The quantitative estimate of drug-likeness (QED) is 0.590. The number of nitrogens with one attached hydrogen (secondary N) is 1. The molecule has 0 aliphatic carbocycles. The fourth-order valence-corrected chi connectivity index (χ4v) is 2.71. The van der Waals surface area contributed by atoms with Crippen molar-refractivity contribution >= 4 is 17.5 Å². The van der Waals surface area contributed by atoms with Crippen molar-refractivity contribution in [2.24, 2.45) is 11.8 Å². The molecule has 0 aliphatic heterocycles. The highest BCUT2D eigenvalue weighted by Crippen LogP contribution is 2.18. The Morgan fingerprint density at radius 2 is 1.72 bits per heavy atom. The van der Waals surface area contributed by atoms with Crippen LogP contribution in [0.5, 0.6) is 0 Å². The molecule has 0 aromatic carbocycles. The Morgan fingerprint density at radius 3 is 2.17 bits per heavy atom. The molecule has 1 N–H and O–H groups in total. The van der Waals surface area contributed by atoms with Gasteiger partial charge in [-0.15, -0.1) is 11.6 Å². The number of halogens is 1. The molecule has 108 valence electrons. The van der Waals surface area contributed by atoms with Crippen LogP contribution >= 0.6 is 11.6 Å². The second-order valence-corrected chi connectivity index (χ2v) is 5.65. The van der Waals surface area contributed by atoms with Gasteiger partial charge in [0.15, 0.2) is 0 Å². The van der Waals surface area contributed by atoms with Gasteiger partial charge in [0.2, 0.25) is 5.91 Å². The van der Waals surface area contributed by atoms with Crippen LogP contribution in [0.15, 0.2) is 0 Å². The lowest BCUT2D eigenvalue weighted by Crippen LogP contribution is -2.36. The molecule has 0 aliphatic rings. The Labute approximate surface area is 118 Å². The highest BCUT2D eigenvalue weighted by Gasteiger charge is 2.19. The number of hydrogen-bond donors (Lipinski definition) is 1. The number of amides is 1. The molecule has 0 rings (SSSR count). The molecule has 1 amide bonds. The maximum atomic E-state index is 12.0. The van der Waals surface area contributed by atoms with Crippen molar-refractivity contribution in [1.29, 1.82) is 0 Å². The van der Waals surface area contributed by atoms with E-state index in [1.165, 1.54) is 0 Å². The number of rotatable bonds is 10. The fourth-order valence-electron chi connectivity index (χ4n) is 2.28. The van der Waals surface area contributed by atoms with Crippen molar-refractivity contribution in [3.63, 3.8) is 0 Å². The zero-order valence-electron chi connectivity index (χ0n) is 12.5. The molecule has 3 heteroatoms. The Kier molecular flexibility index (Phi) is 10.5. The van der Waals surface area contributed by atoms with Gasteiger partial charge in [0.1, 0.15) is 0 Å². The molecule has 18 heavy (non-hydrogen) atoms. The topological polar surface area (TPSA) is 29.1 Å². The average Bonchev–Trinajstić information content (AvgIpc) is 2.38. The third kappa shape index (κ3) is 6.63. The van der Waals surface area contributed by atoms with E-state index >= 15 is 0 Å². The molecule has 2 atom stereocenters. The number of alkyl halides is 1. The van der Waals surface area contributed by atoms with E-state index in [0.717, 1.165) is 38.5 Å². The van der Waals surface area contributed by atoms with E-state index < -0.39 is 0 Å². The number of unbranched alkanes of at least 4 members (excludes halogenated alkanes) is 1. The monoisotopic (exact) mass is 275 g/mol. The first-order valence-corrected chi connectivity index (χ1v) is 7.95. The Hall–Kier alpha value is -0.240. The first kappa shape index (κ1) is 17.8. The summed E-state index contributed by atoms with van der Waals surface area (Å²) in [5.74, 6) is 0.848. The molecule has 0 fully saturated rings. The summed E-state index contributed by atoms with van der Waals surface area (Å²) in [5.41, 5.74) is 0. The van der Waals surface area contributed by atoms with Gasteiger partial charge >= 0.3 is 0 Å². The minimum Gasteiger partial charge on any atom is -0.354 e. The van der Waals surface area contributed by atoms with Gasteiger partial charge in [-0.1, -0.05) is 53.4 Å².